The van der Waals surface area contributed by atoms with E-state index in [2.05, 4.69) is 18.8 Å². The summed E-state index contributed by atoms with van der Waals surface area (Å²) in [6.45, 7) is 11.5. The molecular weight excluding hydrogens is 306 g/mol. The van der Waals surface area contributed by atoms with Crippen LogP contribution < -0.4 is 5.32 Å². The maximum Gasteiger partial charge on any atom is 0.330 e. The van der Waals surface area contributed by atoms with Crippen molar-refractivity contribution in [3.05, 3.63) is 12.7 Å². The summed E-state index contributed by atoms with van der Waals surface area (Å²) in [5.41, 5.74) is 0. The summed E-state index contributed by atoms with van der Waals surface area (Å²) >= 11 is 1.86. The number of thioether (sulfide) groups is 1. The molecule has 0 bridgehead atoms. The minimum absolute atomic E-state index is 0.223. The molecule has 7 heteroatoms. The summed E-state index contributed by atoms with van der Waals surface area (Å²) in [6.07, 6.45) is 0.886. The van der Waals surface area contributed by atoms with Crippen LogP contribution in [0.25, 0.3) is 0 Å². The van der Waals surface area contributed by atoms with Crippen molar-refractivity contribution < 1.29 is 23.7 Å². The zero-order valence-corrected chi connectivity index (χ0v) is 14.5. The molecular formula is C15H29NO5S. The molecule has 1 unspecified atom stereocenters. The van der Waals surface area contributed by atoms with Crippen LogP contribution in [0.15, 0.2) is 12.7 Å². The van der Waals surface area contributed by atoms with Crippen LogP contribution in [-0.2, 0) is 23.7 Å². The Balaban J connectivity index is 3.20. The van der Waals surface area contributed by atoms with E-state index < -0.39 is 5.97 Å². The smallest absolute Gasteiger partial charge is 0.330 e. The SMILES string of the molecule is C=CC(=O)OCCOCCOC(C)OCCSCCNCC. The fourth-order valence-corrected chi connectivity index (χ4v) is 2.09. The van der Waals surface area contributed by atoms with Crippen molar-refractivity contribution >= 4 is 17.7 Å². The second kappa shape index (κ2) is 16.8. The van der Waals surface area contributed by atoms with Crippen LogP contribution in [0.3, 0.4) is 0 Å². The zero-order chi connectivity index (χ0) is 16.5. The lowest BCUT2D eigenvalue weighted by molar-refractivity contribution is -0.142. The Morgan fingerprint density at radius 2 is 1.91 bits per heavy atom. The number of hydrogen-bond acceptors (Lipinski definition) is 7. The van der Waals surface area contributed by atoms with E-state index in [1.165, 1.54) is 0 Å². The number of ether oxygens (including phenoxy) is 4. The third-order valence-corrected chi connectivity index (χ3v) is 3.42. The quantitative estimate of drug-likeness (QED) is 0.198. The van der Waals surface area contributed by atoms with Crippen molar-refractivity contribution in [2.24, 2.45) is 0 Å². The molecule has 0 aromatic carbocycles. The van der Waals surface area contributed by atoms with Gasteiger partial charge < -0.3 is 24.3 Å². The largest absolute Gasteiger partial charge is 0.460 e. The number of hydrogen-bond donors (Lipinski definition) is 1. The molecule has 1 atom stereocenters. The van der Waals surface area contributed by atoms with E-state index in [0.717, 1.165) is 30.7 Å². The first-order valence-corrected chi connectivity index (χ1v) is 8.74. The molecule has 0 aromatic rings. The molecule has 0 fully saturated rings. The van der Waals surface area contributed by atoms with E-state index in [1.807, 2.05) is 18.7 Å². The summed E-state index contributed by atoms with van der Waals surface area (Å²) < 4.78 is 21.0. The van der Waals surface area contributed by atoms with Crippen LogP contribution in [0.4, 0.5) is 0 Å². The molecule has 0 saturated heterocycles. The van der Waals surface area contributed by atoms with Gasteiger partial charge in [0.2, 0.25) is 0 Å². The molecule has 0 radical (unpaired) electrons. The first kappa shape index (κ1) is 21.4. The monoisotopic (exact) mass is 335 g/mol. The second-order valence-electron chi connectivity index (χ2n) is 4.26. The van der Waals surface area contributed by atoms with Gasteiger partial charge in [0.1, 0.15) is 6.61 Å². The van der Waals surface area contributed by atoms with Gasteiger partial charge in [-0.05, 0) is 13.5 Å². The molecule has 1 N–H and O–H groups in total. The average Bonchev–Trinajstić information content (AvgIpc) is 2.52. The standard InChI is InChI=1S/C15H29NO5S/c1-4-15(17)21-10-8-18-7-9-19-14(3)20-11-13-22-12-6-16-5-2/h4,14,16H,1,5-13H2,2-3H3. The van der Waals surface area contributed by atoms with Crippen LogP contribution in [-0.4, -0.2) is 69.9 Å². The molecule has 22 heavy (non-hydrogen) atoms. The van der Waals surface area contributed by atoms with Gasteiger partial charge in [0.05, 0.1) is 26.4 Å². The van der Waals surface area contributed by atoms with Crippen molar-refractivity contribution in [2.45, 2.75) is 20.1 Å². The zero-order valence-electron chi connectivity index (χ0n) is 13.7. The fourth-order valence-electron chi connectivity index (χ4n) is 1.38. The molecule has 0 rings (SSSR count). The first-order chi connectivity index (χ1) is 10.7. The highest BCUT2D eigenvalue weighted by molar-refractivity contribution is 7.99. The van der Waals surface area contributed by atoms with Crippen LogP contribution in [0.1, 0.15) is 13.8 Å². The molecule has 0 aromatic heterocycles. The summed E-state index contributed by atoms with van der Waals surface area (Å²) in [6, 6.07) is 0. The van der Waals surface area contributed by atoms with Gasteiger partial charge in [0.25, 0.3) is 0 Å². The Kier molecular flexibility index (Phi) is 16.3. The number of carbonyl (C=O) groups is 1. The number of esters is 1. The first-order valence-electron chi connectivity index (χ1n) is 7.59. The van der Waals surface area contributed by atoms with E-state index in [1.54, 1.807) is 0 Å². The number of rotatable bonds is 16. The predicted molar refractivity (Wildman–Crippen MR) is 89.2 cm³/mol. The maximum absolute atomic E-state index is 10.7. The third-order valence-electron chi connectivity index (χ3n) is 2.47. The van der Waals surface area contributed by atoms with E-state index in [4.69, 9.17) is 18.9 Å². The van der Waals surface area contributed by atoms with Gasteiger partial charge in [-0.25, -0.2) is 4.79 Å². The predicted octanol–water partition coefficient (Wildman–Crippen LogP) is 1.45. The van der Waals surface area contributed by atoms with Crippen LogP contribution in [0, 0.1) is 0 Å². The van der Waals surface area contributed by atoms with E-state index >= 15 is 0 Å². The Hall–Kier alpha value is -0.600. The van der Waals surface area contributed by atoms with Crippen molar-refractivity contribution in [1.29, 1.82) is 0 Å². The Labute approximate surface area is 137 Å². The van der Waals surface area contributed by atoms with E-state index in [9.17, 15) is 4.79 Å². The molecule has 0 aliphatic carbocycles. The van der Waals surface area contributed by atoms with Crippen molar-refractivity contribution in [1.82, 2.24) is 5.32 Å². The summed E-state index contributed by atoms with van der Waals surface area (Å²) in [4.78, 5) is 10.7. The lowest BCUT2D eigenvalue weighted by Crippen LogP contribution is -2.19. The molecule has 0 aliphatic heterocycles. The van der Waals surface area contributed by atoms with Gasteiger partial charge in [-0.2, -0.15) is 11.8 Å². The van der Waals surface area contributed by atoms with Gasteiger partial charge in [0, 0.05) is 24.1 Å². The van der Waals surface area contributed by atoms with Gasteiger partial charge in [-0.1, -0.05) is 13.5 Å². The van der Waals surface area contributed by atoms with Gasteiger partial charge >= 0.3 is 5.97 Å². The number of carbonyl (C=O) groups excluding carboxylic acids is 1. The van der Waals surface area contributed by atoms with Gasteiger partial charge in [-0.15, -0.1) is 0 Å². The van der Waals surface area contributed by atoms with Crippen LogP contribution in [0.5, 0.6) is 0 Å². The third kappa shape index (κ3) is 15.8. The van der Waals surface area contributed by atoms with E-state index in [-0.39, 0.29) is 12.9 Å². The minimum atomic E-state index is -0.440. The lowest BCUT2D eigenvalue weighted by Gasteiger charge is -2.14. The van der Waals surface area contributed by atoms with Crippen LogP contribution in [0.2, 0.25) is 0 Å². The Bertz CT molecular complexity index is 279. The highest BCUT2D eigenvalue weighted by Gasteiger charge is 2.02. The molecule has 0 heterocycles. The normalized spacial score (nSPS) is 12.1. The minimum Gasteiger partial charge on any atom is -0.460 e. The highest BCUT2D eigenvalue weighted by Crippen LogP contribution is 2.00. The molecule has 6 nitrogen and oxygen atoms in total. The van der Waals surface area contributed by atoms with Crippen molar-refractivity contribution in [2.75, 3.05) is 57.6 Å². The molecule has 0 spiro atoms. The Morgan fingerprint density at radius 3 is 2.64 bits per heavy atom. The second-order valence-corrected chi connectivity index (χ2v) is 5.48. The lowest BCUT2D eigenvalue weighted by atomic mass is 10.6. The van der Waals surface area contributed by atoms with Crippen LogP contribution >= 0.6 is 11.8 Å². The van der Waals surface area contributed by atoms with Gasteiger partial charge in [0.15, 0.2) is 6.29 Å². The average molecular weight is 335 g/mol. The molecule has 0 saturated carbocycles. The topological polar surface area (TPSA) is 66.0 Å². The molecule has 130 valence electrons. The molecule has 0 amide bonds. The van der Waals surface area contributed by atoms with Crippen molar-refractivity contribution in [3.8, 4) is 0 Å². The maximum atomic E-state index is 10.7. The summed E-state index contributed by atoms with van der Waals surface area (Å²) in [7, 11) is 0. The summed E-state index contributed by atoms with van der Waals surface area (Å²) in [5.74, 6) is 1.62. The summed E-state index contributed by atoms with van der Waals surface area (Å²) in [5, 5.41) is 3.27. The highest BCUT2D eigenvalue weighted by atomic mass is 32.2. The molecule has 0 aliphatic rings. The number of nitrogens with one attached hydrogen (secondary N) is 1. The van der Waals surface area contributed by atoms with Crippen molar-refractivity contribution in [3.63, 3.8) is 0 Å². The van der Waals surface area contributed by atoms with Gasteiger partial charge in [-0.3, -0.25) is 0 Å². The Morgan fingerprint density at radius 1 is 1.18 bits per heavy atom. The fraction of sp³-hybridized carbons (Fsp3) is 0.800. The van der Waals surface area contributed by atoms with E-state index in [0.29, 0.717) is 26.4 Å².